The normalized spacial score (nSPS) is 12.8. The van der Waals surface area contributed by atoms with Gasteiger partial charge in [-0.05, 0) is 26.8 Å². The van der Waals surface area contributed by atoms with E-state index in [-0.39, 0.29) is 6.10 Å². The number of hydrogen-bond acceptors (Lipinski definition) is 3. The first-order chi connectivity index (χ1) is 6.13. The molecule has 0 aliphatic rings. The topological polar surface area (TPSA) is 41.5 Å². The van der Waals surface area contributed by atoms with E-state index < -0.39 is 0 Å². The highest BCUT2D eigenvalue weighted by atomic mass is 16.5. The van der Waals surface area contributed by atoms with E-state index in [0.717, 1.165) is 25.1 Å². The minimum atomic E-state index is -0.219. The smallest absolute Gasteiger partial charge is 0.0672 e. The van der Waals surface area contributed by atoms with E-state index in [1.54, 1.807) is 6.92 Å². The minimum absolute atomic E-state index is 0.219. The van der Waals surface area contributed by atoms with Crippen LogP contribution in [-0.4, -0.2) is 37.5 Å². The van der Waals surface area contributed by atoms with E-state index in [0.29, 0.717) is 13.2 Å². The molecule has 0 aromatic carbocycles. The fourth-order valence-electron chi connectivity index (χ4n) is 0.827. The maximum atomic E-state index is 8.95. The van der Waals surface area contributed by atoms with Crippen LogP contribution in [0.3, 0.4) is 0 Å². The van der Waals surface area contributed by atoms with Crippen molar-refractivity contribution in [3.8, 4) is 0 Å². The van der Waals surface area contributed by atoms with Gasteiger partial charge in [0.2, 0.25) is 0 Å². The Morgan fingerprint density at radius 2 is 2.23 bits per heavy atom. The van der Waals surface area contributed by atoms with Gasteiger partial charge in [-0.2, -0.15) is 0 Å². The van der Waals surface area contributed by atoms with Gasteiger partial charge in [0, 0.05) is 6.54 Å². The minimum Gasteiger partial charge on any atom is -0.393 e. The molecule has 0 aromatic heterocycles. The Bertz CT molecular complexity index is 135. The Labute approximate surface area is 80.8 Å². The molecule has 0 radical (unpaired) electrons. The maximum absolute atomic E-state index is 8.95. The lowest BCUT2D eigenvalue weighted by molar-refractivity contribution is 0.153. The van der Waals surface area contributed by atoms with Crippen molar-refractivity contribution in [2.24, 2.45) is 0 Å². The third-order valence-electron chi connectivity index (χ3n) is 1.51. The molecule has 1 atom stereocenters. The first-order valence-corrected chi connectivity index (χ1v) is 4.74. The molecule has 3 nitrogen and oxygen atoms in total. The Morgan fingerprint density at radius 1 is 1.54 bits per heavy atom. The molecule has 2 N–H and O–H groups in total. The van der Waals surface area contributed by atoms with Gasteiger partial charge in [-0.3, -0.25) is 0 Å². The van der Waals surface area contributed by atoms with Gasteiger partial charge in [-0.1, -0.05) is 12.2 Å². The highest BCUT2D eigenvalue weighted by Crippen LogP contribution is 1.87. The standard InChI is InChI=1S/C10H21NO2/c1-9(2)8-13-7-6-11-5-4-10(3)12/h10-12H,1,4-8H2,2-3H3. The molecule has 0 aromatic rings. The number of rotatable bonds is 8. The SMILES string of the molecule is C=C(C)COCCNCCC(C)O. The summed E-state index contributed by atoms with van der Waals surface area (Å²) in [6.07, 6.45) is 0.573. The number of aliphatic hydroxyl groups is 1. The summed E-state index contributed by atoms with van der Waals surface area (Å²) >= 11 is 0. The van der Waals surface area contributed by atoms with E-state index >= 15 is 0 Å². The summed E-state index contributed by atoms with van der Waals surface area (Å²) in [5.41, 5.74) is 1.05. The van der Waals surface area contributed by atoms with Crippen LogP contribution in [0.1, 0.15) is 20.3 Å². The first kappa shape index (κ1) is 12.6. The van der Waals surface area contributed by atoms with Gasteiger partial charge in [0.15, 0.2) is 0 Å². The molecule has 0 spiro atoms. The Hall–Kier alpha value is -0.380. The van der Waals surface area contributed by atoms with Crippen molar-refractivity contribution in [3.63, 3.8) is 0 Å². The summed E-state index contributed by atoms with van der Waals surface area (Å²) in [5.74, 6) is 0. The van der Waals surface area contributed by atoms with E-state index in [4.69, 9.17) is 9.84 Å². The number of aliphatic hydroxyl groups excluding tert-OH is 1. The van der Waals surface area contributed by atoms with Crippen molar-refractivity contribution >= 4 is 0 Å². The fraction of sp³-hybridized carbons (Fsp3) is 0.800. The van der Waals surface area contributed by atoms with Crippen LogP contribution < -0.4 is 5.32 Å². The van der Waals surface area contributed by atoms with Gasteiger partial charge < -0.3 is 15.2 Å². The van der Waals surface area contributed by atoms with Gasteiger partial charge in [0.05, 0.1) is 19.3 Å². The van der Waals surface area contributed by atoms with Crippen LogP contribution in [0.15, 0.2) is 12.2 Å². The maximum Gasteiger partial charge on any atom is 0.0672 e. The fourth-order valence-corrected chi connectivity index (χ4v) is 0.827. The summed E-state index contributed by atoms with van der Waals surface area (Å²) in [7, 11) is 0. The van der Waals surface area contributed by atoms with E-state index in [9.17, 15) is 0 Å². The Morgan fingerprint density at radius 3 is 2.77 bits per heavy atom. The molecular weight excluding hydrogens is 166 g/mol. The van der Waals surface area contributed by atoms with Crippen LogP contribution in [-0.2, 0) is 4.74 Å². The zero-order valence-corrected chi connectivity index (χ0v) is 8.68. The zero-order chi connectivity index (χ0) is 10.1. The van der Waals surface area contributed by atoms with Crippen LogP contribution in [0.25, 0.3) is 0 Å². The van der Waals surface area contributed by atoms with E-state index in [1.807, 2.05) is 6.92 Å². The first-order valence-electron chi connectivity index (χ1n) is 4.74. The quantitative estimate of drug-likeness (QED) is 0.439. The lowest BCUT2D eigenvalue weighted by Crippen LogP contribution is -2.23. The van der Waals surface area contributed by atoms with Crippen LogP contribution in [0.4, 0.5) is 0 Å². The molecule has 0 heterocycles. The second-order valence-corrected chi connectivity index (χ2v) is 3.40. The predicted molar refractivity (Wildman–Crippen MR) is 54.8 cm³/mol. The Kier molecular flexibility index (Phi) is 7.99. The van der Waals surface area contributed by atoms with Crippen molar-refractivity contribution in [3.05, 3.63) is 12.2 Å². The number of ether oxygens (including phenoxy) is 1. The van der Waals surface area contributed by atoms with E-state index in [2.05, 4.69) is 11.9 Å². The molecular formula is C10H21NO2. The largest absolute Gasteiger partial charge is 0.393 e. The summed E-state index contributed by atoms with van der Waals surface area (Å²) < 4.78 is 5.28. The van der Waals surface area contributed by atoms with Gasteiger partial charge in [-0.15, -0.1) is 0 Å². The monoisotopic (exact) mass is 187 g/mol. The summed E-state index contributed by atoms with van der Waals surface area (Å²) in [6, 6.07) is 0. The van der Waals surface area contributed by atoms with Crippen molar-refractivity contribution < 1.29 is 9.84 Å². The van der Waals surface area contributed by atoms with Crippen molar-refractivity contribution in [2.75, 3.05) is 26.3 Å². The Balaban J connectivity index is 2.96. The van der Waals surface area contributed by atoms with Crippen LogP contribution in [0.5, 0.6) is 0 Å². The summed E-state index contributed by atoms with van der Waals surface area (Å²) in [6.45, 7) is 10.5. The molecule has 0 aliphatic carbocycles. The van der Waals surface area contributed by atoms with Gasteiger partial charge in [0.1, 0.15) is 0 Å². The third kappa shape index (κ3) is 11.6. The molecule has 78 valence electrons. The molecule has 13 heavy (non-hydrogen) atoms. The molecule has 3 heteroatoms. The average Bonchev–Trinajstić information content (AvgIpc) is 2.01. The van der Waals surface area contributed by atoms with E-state index in [1.165, 1.54) is 0 Å². The lowest BCUT2D eigenvalue weighted by Gasteiger charge is -2.06. The van der Waals surface area contributed by atoms with Gasteiger partial charge in [0.25, 0.3) is 0 Å². The summed E-state index contributed by atoms with van der Waals surface area (Å²) in [5, 5.41) is 12.1. The molecule has 0 saturated heterocycles. The molecule has 1 unspecified atom stereocenters. The van der Waals surface area contributed by atoms with Crippen LogP contribution in [0, 0.1) is 0 Å². The highest BCUT2D eigenvalue weighted by Gasteiger charge is 1.94. The van der Waals surface area contributed by atoms with Crippen LogP contribution >= 0.6 is 0 Å². The molecule has 0 aliphatic heterocycles. The zero-order valence-electron chi connectivity index (χ0n) is 8.68. The van der Waals surface area contributed by atoms with Gasteiger partial charge >= 0.3 is 0 Å². The predicted octanol–water partition coefficient (Wildman–Crippen LogP) is 0.940. The van der Waals surface area contributed by atoms with Gasteiger partial charge in [-0.25, -0.2) is 0 Å². The molecule has 0 amide bonds. The van der Waals surface area contributed by atoms with Crippen molar-refractivity contribution in [2.45, 2.75) is 26.4 Å². The molecule has 0 saturated carbocycles. The highest BCUT2D eigenvalue weighted by molar-refractivity contribution is 4.87. The summed E-state index contributed by atoms with van der Waals surface area (Å²) in [4.78, 5) is 0. The molecule has 0 rings (SSSR count). The lowest BCUT2D eigenvalue weighted by atomic mass is 10.3. The van der Waals surface area contributed by atoms with Crippen LogP contribution in [0.2, 0.25) is 0 Å². The molecule has 0 bridgehead atoms. The third-order valence-corrected chi connectivity index (χ3v) is 1.51. The number of hydrogen-bond donors (Lipinski definition) is 2. The second-order valence-electron chi connectivity index (χ2n) is 3.40. The van der Waals surface area contributed by atoms with Crippen molar-refractivity contribution in [1.82, 2.24) is 5.32 Å². The second kappa shape index (κ2) is 8.23. The average molecular weight is 187 g/mol. The number of nitrogens with one attached hydrogen (secondary N) is 1. The molecule has 0 fully saturated rings. The van der Waals surface area contributed by atoms with Crippen molar-refractivity contribution in [1.29, 1.82) is 0 Å².